The number of para-hydroxylation sites is 3. The second kappa shape index (κ2) is 10.6. The maximum Gasteiger partial charge on any atom is 0.0548 e. The molecular formula is C45H30N2S. The van der Waals surface area contributed by atoms with Crippen LogP contribution in [0.1, 0.15) is 5.56 Å². The van der Waals surface area contributed by atoms with E-state index in [9.17, 15) is 0 Å². The largest absolute Gasteiger partial charge is 0.309 e. The Hall–Kier alpha value is -5.90. The molecule has 3 heteroatoms. The summed E-state index contributed by atoms with van der Waals surface area (Å²) in [5.74, 6) is 0. The normalized spacial score (nSPS) is 11.9. The Balaban J connectivity index is 1.18. The number of thiophene rings is 1. The predicted molar refractivity (Wildman–Crippen MR) is 206 cm³/mol. The van der Waals surface area contributed by atoms with Gasteiger partial charge in [0.05, 0.1) is 27.8 Å². The lowest BCUT2D eigenvalue weighted by Crippen LogP contribution is -1.97. The van der Waals surface area contributed by atoms with Crippen molar-refractivity contribution in [2.24, 2.45) is 0 Å². The Morgan fingerprint density at radius 3 is 1.73 bits per heavy atom. The van der Waals surface area contributed by atoms with Crippen LogP contribution in [0.25, 0.3) is 86.6 Å². The molecule has 0 unspecified atom stereocenters. The molecular weight excluding hydrogens is 601 g/mol. The third-order valence-corrected chi connectivity index (χ3v) is 10.9. The van der Waals surface area contributed by atoms with Crippen LogP contribution in [0, 0.1) is 6.92 Å². The third kappa shape index (κ3) is 4.11. The summed E-state index contributed by atoms with van der Waals surface area (Å²) >= 11 is 1.87. The Morgan fingerprint density at radius 1 is 0.438 bits per heavy atom. The molecule has 0 aliphatic rings. The van der Waals surface area contributed by atoms with E-state index in [1.165, 1.54) is 92.2 Å². The van der Waals surface area contributed by atoms with E-state index in [1.807, 2.05) is 11.3 Å². The van der Waals surface area contributed by atoms with E-state index in [0.717, 1.165) is 0 Å². The molecule has 0 N–H and O–H groups in total. The van der Waals surface area contributed by atoms with Gasteiger partial charge in [0, 0.05) is 42.4 Å². The van der Waals surface area contributed by atoms with Crippen molar-refractivity contribution in [1.29, 1.82) is 0 Å². The van der Waals surface area contributed by atoms with Crippen LogP contribution < -0.4 is 0 Å². The second-order valence-corrected chi connectivity index (χ2v) is 13.8. The van der Waals surface area contributed by atoms with Gasteiger partial charge in [-0.15, -0.1) is 11.3 Å². The summed E-state index contributed by atoms with van der Waals surface area (Å²) in [7, 11) is 0. The number of hydrogen-bond donors (Lipinski definition) is 0. The van der Waals surface area contributed by atoms with Gasteiger partial charge in [0.15, 0.2) is 0 Å². The topological polar surface area (TPSA) is 9.86 Å². The second-order valence-electron chi connectivity index (χ2n) is 12.7. The molecule has 0 bridgehead atoms. The van der Waals surface area contributed by atoms with Crippen LogP contribution in [0.4, 0.5) is 0 Å². The summed E-state index contributed by atoms with van der Waals surface area (Å²) in [6, 6.07) is 60.1. The highest BCUT2D eigenvalue weighted by molar-refractivity contribution is 7.22. The number of hydrogen-bond acceptors (Lipinski definition) is 1. The van der Waals surface area contributed by atoms with Crippen LogP contribution in [-0.4, -0.2) is 9.13 Å². The van der Waals surface area contributed by atoms with Crippen LogP contribution >= 0.6 is 11.3 Å². The van der Waals surface area contributed by atoms with Gasteiger partial charge in [-0.25, -0.2) is 0 Å². The van der Waals surface area contributed by atoms with Crippen LogP contribution in [-0.2, 0) is 0 Å². The third-order valence-electron chi connectivity index (χ3n) is 9.78. The van der Waals surface area contributed by atoms with Crippen LogP contribution in [0.15, 0.2) is 164 Å². The predicted octanol–water partition coefficient (Wildman–Crippen LogP) is 12.7. The Labute approximate surface area is 282 Å². The van der Waals surface area contributed by atoms with Gasteiger partial charge in [0.2, 0.25) is 0 Å². The van der Waals surface area contributed by atoms with Crippen LogP contribution in [0.3, 0.4) is 0 Å². The lowest BCUT2D eigenvalue weighted by Gasteiger charge is -2.14. The first-order valence-corrected chi connectivity index (χ1v) is 17.3. The zero-order valence-corrected chi connectivity index (χ0v) is 27.2. The average molecular weight is 631 g/mol. The van der Waals surface area contributed by atoms with Crippen molar-refractivity contribution in [3.05, 3.63) is 169 Å². The van der Waals surface area contributed by atoms with Crippen molar-refractivity contribution in [1.82, 2.24) is 9.13 Å². The maximum atomic E-state index is 2.46. The minimum absolute atomic E-state index is 1.18. The van der Waals surface area contributed by atoms with Crippen molar-refractivity contribution < 1.29 is 0 Å². The Kier molecular flexibility index (Phi) is 5.99. The monoisotopic (exact) mass is 630 g/mol. The molecule has 226 valence electrons. The van der Waals surface area contributed by atoms with Crippen molar-refractivity contribution in [3.8, 4) is 32.9 Å². The number of rotatable bonds is 4. The fourth-order valence-corrected chi connectivity index (χ4v) is 8.66. The van der Waals surface area contributed by atoms with E-state index in [0.29, 0.717) is 0 Å². The Bertz CT molecular complexity index is 2810. The summed E-state index contributed by atoms with van der Waals surface area (Å²) in [5.41, 5.74) is 12.2. The minimum atomic E-state index is 1.18. The fourth-order valence-electron chi connectivity index (χ4n) is 7.58. The molecule has 0 radical (unpaired) electrons. The molecule has 0 aliphatic carbocycles. The molecule has 10 aromatic rings. The van der Waals surface area contributed by atoms with Crippen LogP contribution in [0.5, 0.6) is 0 Å². The molecule has 10 rings (SSSR count). The molecule has 3 heterocycles. The first kappa shape index (κ1) is 27.2. The average Bonchev–Trinajstić information content (AvgIpc) is 3.82. The molecule has 0 aliphatic heterocycles. The number of fused-ring (bicyclic) bond motifs is 7. The Morgan fingerprint density at radius 2 is 1.02 bits per heavy atom. The molecule has 3 aromatic heterocycles. The van der Waals surface area contributed by atoms with Crippen molar-refractivity contribution >= 4 is 65.0 Å². The minimum Gasteiger partial charge on any atom is -0.309 e. The summed E-state index contributed by atoms with van der Waals surface area (Å²) < 4.78 is 6.15. The SMILES string of the molecule is Cc1ccc(-n2c3ccccc3c3cc(-c4ccc5c(c4)c4ccccc4n5-c4ccccc4)ccc32)c(-c2cc3ccccc3s2)c1. The van der Waals surface area contributed by atoms with Gasteiger partial charge in [0.1, 0.15) is 0 Å². The highest BCUT2D eigenvalue weighted by atomic mass is 32.1. The standard InChI is InChI=1S/C45H30N2S/c1-29-19-22-43(38(25-29)45-28-32-11-5-10-18-44(32)48-45)47-40-17-9-7-15-35(40)37-27-31(21-24-42(37)47)30-20-23-41-36(26-30)34-14-6-8-16-39(34)46(41)33-12-3-2-4-13-33/h2-28H,1H3. The molecule has 2 nitrogen and oxygen atoms in total. The molecule has 48 heavy (non-hydrogen) atoms. The van der Waals surface area contributed by atoms with E-state index >= 15 is 0 Å². The molecule has 0 saturated carbocycles. The molecule has 7 aromatic carbocycles. The van der Waals surface area contributed by atoms with Gasteiger partial charge in [-0.1, -0.05) is 96.6 Å². The molecule has 0 fully saturated rings. The van der Waals surface area contributed by atoms with E-state index in [4.69, 9.17) is 0 Å². The number of nitrogens with zero attached hydrogens (tertiary/aromatic N) is 2. The summed E-state index contributed by atoms with van der Waals surface area (Å²) in [5, 5.41) is 6.35. The van der Waals surface area contributed by atoms with Gasteiger partial charge < -0.3 is 9.13 Å². The number of benzene rings is 7. The molecule has 0 saturated heterocycles. The summed E-state index contributed by atoms with van der Waals surface area (Å²) in [4.78, 5) is 1.29. The smallest absolute Gasteiger partial charge is 0.0548 e. The highest BCUT2D eigenvalue weighted by Crippen LogP contribution is 2.42. The van der Waals surface area contributed by atoms with Gasteiger partial charge in [0.25, 0.3) is 0 Å². The van der Waals surface area contributed by atoms with E-state index < -0.39 is 0 Å². The maximum absolute atomic E-state index is 2.46. The van der Waals surface area contributed by atoms with Crippen molar-refractivity contribution in [3.63, 3.8) is 0 Å². The molecule has 0 atom stereocenters. The first-order chi connectivity index (χ1) is 23.7. The van der Waals surface area contributed by atoms with Gasteiger partial charge in [-0.2, -0.15) is 0 Å². The fraction of sp³-hybridized carbons (Fsp3) is 0.0222. The van der Waals surface area contributed by atoms with E-state index in [1.54, 1.807) is 0 Å². The summed E-state index contributed by atoms with van der Waals surface area (Å²) in [6.45, 7) is 2.19. The number of aryl methyl sites for hydroxylation is 1. The first-order valence-electron chi connectivity index (χ1n) is 16.4. The molecule has 0 spiro atoms. The van der Waals surface area contributed by atoms with Crippen molar-refractivity contribution in [2.45, 2.75) is 6.92 Å². The lowest BCUT2D eigenvalue weighted by molar-refractivity contribution is 1.18. The van der Waals surface area contributed by atoms with Gasteiger partial charge in [-0.3, -0.25) is 0 Å². The van der Waals surface area contributed by atoms with Gasteiger partial charge >= 0.3 is 0 Å². The summed E-state index contributed by atoms with van der Waals surface area (Å²) in [6.07, 6.45) is 0. The molecule has 0 amide bonds. The zero-order chi connectivity index (χ0) is 31.8. The van der Waals surface area contributed by atoms with E-state index in [2.05, 4.69) is 180 Å². The highest BCUT2D eigenvalue weighted by Gasteiger charge is 2.18. The van der Waals surface area contributed by atoms with E-state index in [-0.39, 0.29) is 0 Å². The van der Waals surface area contributed by atoms with Gasteiger partial charge in [-0.05, 0) is 96.2 Å². The zero-order valence-electron chi connectivity index (χ0n) is 26.4. The number of aromatic nitrogens is 2. The lowest BCUT2D eigenvalue weighted by atomic mass is 10.0. The van der Waals surface area contributed by atoms with Crippen LogP contribution in [0.2, 0.25) is 0 Å². The quantitative estimate of drug-likeness (QED) is 0.183. The van der Waals surface area contributed by atoms with Crippen molar-refractivity contribution in [2.75, 3.05) is 0 Å².